The largest absolute Gasteiger partial charge is 0.392 e. The number of nitrogens with zero attached hydrogens (tertiary/aromatic N) is 1. The number of carbonyl (C=O) groups is 3. The Morgan fingerprint density at radius 3 is 1.69 bits per heavy atom. The van der Waals surface area contributed by atoms with Gasteiger partial charge in [0.05, 0.1) is 17.7 Å². The SMILES string of the molecule is CN(C(=O)/C=C\CO)c1c(F)c(F)c(-c2c(F)c(F)c(NC(=O)/C=C\C=O)c(F)c2F)c(F)c1F. The van der Waals surface area contributed by atoms with Gasteiger partial charge in [-0.3, -0.25) is 14.4 Å². The van der Waals surface area contributed by atoms with Crippen LogP contribution in [0.1, 0.15) is 0 Å². The molecule has 0 aliphatic carbocycles. The van der Waals surface area contributed by atoms with Crippen LogP contribution < -0.4 is 10.2 Å². The van der Waals surface area contributed by atoms with Gasteiger partial charge in [-0.1, -0.05) is 6.08 Å². The van der Waals surface area contributed by atoms with Gasteiger partial charge in [0, 0.05) is 19.2 Å². The maximum absolute atomic E-state index is 14.7. The van der Waals surface area contributed by atoms with Crippen LogP contribution in [0, 0.1) is 46.5 Å². The molecule has 0 heterocycles. The van der Waals surface area contributed by atoms with Crippen molar-refractivity contribution in [3.8, 4) is 11.1 Å². The monoisotopic (exact) mass is 508 g/mol. The number of aliphatic hydroxyl groups excluding tert-OH is 1. The molecule has 0 atom stereocenters. The lowest BCUT2D eigenvalue weighted by atomic mass is 9.99. The van der Waals surface area contributed by atoms with Crippen molar-refractivity contribution < 1.29 is 54.6 Å². The van der Waals surface area contributed by atoms with Crippen LogP contribution in [0.2, 0.25) is 0 Å². The van der Waals surface area contributed by atoms with Gasteiger partial charge in [0.1, 0.15) is 17.7 Å². The molecule has 0 spiro atoms. The topological polar surface area (TPSA) is 86.7 Å². The van der Waals surface area contributed by atoms with Gasteiger partial charge in [-0.05, 0) is 6.08 Å². The molecule has 2 amide bonds. The fourth-order valence-electron chi connectivity index (χ4n) is 2.76. The maximum atomic E-state index is 14.7. The molecule has 0 saturated carbocycles. The van der Waals surface area contributed by atoms with E-state index < -0.39 is 87.5 Å². The van der Waals surface area contributed by atoms with Crippen LogP contribution in [-0.2, 0) is 14.4 Å². The van der Waals surface area contributed by atoms with Crippen LogP contribution in [0.15, 0.2) is 24.3 Å². The Kier molecular flexibility index (Phi) is 8.47. The van der Waals surface area contributed by atoms with E-state index in [9.17, 15) is 49.5 Å². The second-order valence-corrected chi connectivity index (χ2v) is 6.45. The number of aldehydes is 1. The molecule has 0 saturated heterocycles. The molecule has 35 heavy (non-hydrogen) atoms. The Balaban J connectivity index is 2.77. The molecule has 0 fully saturated rings. The first-order valence-corrected chi connectivity index (χ1v) is 9.10. The number of amides is 2. The molecular weight excluding hydrogens is 496 g/mol. The van der Waals surface area contributed by atoms with E-state index in [0.717, 1.165) is 6.08 Å². The minimum Gasteiger partial charge on any atom is -0.392 e. The first-order valence-electron chi connectivity index (χ1n) is 9.10. The molecule has 2 rings (SSSR count). The van der Waals surface area contributed by atoms with Gasteiger partial charge >= 0.3 is 0 Å². The summed E-state index contributed by atoms with van der Waals surface area (Å²) in [6.07, 6.45) is 2.48. The summed E-state index contributed by atoms with van der Waals surface area (Å²) in [7, 11) is 0.668. The lowest BCUT2D eigenvalue weighted by Crippen LogP contribution is -2.27. The van der Waals surface area contributed by atoms with E-state index in [0.29, 0.717) is 25.3 Å². The maximum Gasteiger partial charge on any atom is 0.250 e. The number of rotatable bonds is 7. The van der Waals surface area contributed by atoms with Gasteiger partial charge in [0.15, 0.2) is 46.5 Å². The zero-order valence-electron chi connectivity index (χ0n) is 17.2. The third kappa shape index (κ3) is 5.06. The number of nitrogens with one attached hydrogen (secondary N) is 1. The Morgan fingerprint density at radius 1 is 0.800 bits per heavy atom. The average molecular weight is 508 g/mol. The number of hydrogen-bond acceptors (Lipinski definition) is 4. The normalized spacial score (nSPS) is 11.4. The van der Waals surface area contributed by atoms with E-state index in [-0.39, 0.29) is 11.2 Å². The van der Waals surface area contributed by atoms with E-state index in [1.165, 1.54) is 5.32 Å². The van der Waals surface area contributed by atoms with Crippen LogP contribution in [-0.4, -0.2) is 36.9 Å². The summed E-state index contributed by atoms with van der Waals surface area (Å²) in [6, 6.07) is 0. The number of allylic oxidation sites excluding steroid dienone is 1. The molecule has 0 aliphatic rings. The Hall–Kier alpha value is -4.07. The third-order valence-electron chi connectivity index (χ3n) is 4.36. The first-order chi connectivity index (χ1) is 16.4. The summed E-state index contributed by atoms with van der Waals surface area (Å²) in [4.78, 5) is 33.5. The van der Waals surface area contributed by atoms with Gasteiger partial charge in [-0.2, -0.15) is 0 Å². The smallest absolute Gasteiger partial charge is 0.250 e. The fraction of sp³-hybridized carbons (Fsp3) is 0.0952. The highest BCUT2D eigenvalue weighted by Gasteiger charge is 2.35. The molecule has 0 bridgehead atoms. The van der Waals surface area contributed by atoms with E-state index >= 15 is 0 Å². The number of aliphatic hydroxyl groups is 1. The van der Waals surface area contributed by atoms with E-state index in [4.69, 9.17) is 5.11 Å². The number of halogens is 8. The Morgan fingerprint density at radius 2 is 1.26 bits per heavy atom. The zero-order valence-corrected chi connectivity index (χ0v) is 17.2. The summed E-state index contributed by atoms with van der Waals surface area (Å²) in [5.41, 5.74) is -7.77. The van der Waals surface area contributed by atoms with Crippen molar-refractivity contribution in [2.24, 2.45) is 0 Å². The molecule has 0 unspecified atom stereocenters. The van der Waals surface area contributed by atoms with Crippen LogP contribution >= 0.6 is 0 Å². The number of hydrogen-bond donors (Lipinski definition) is 2. The molecule has 0 aromatic heterocycles. The van der Waals surface area contributed by atoms with Crippen LogP contribution in [0.3, 0.4) is 0 Å². The lowest BCUT2D eigenvalue weighted by Gasteiger charge is -2.20. The van der Waals surface area contributed by atoms with Crippen LogP contribution in [0.25, 0.3) is 11.1 Å². The molecule has 0 aliphatic heterocycles. The third-order valence-corrected chi connectivity index (χ3v) is 4.36. The quantitative estimate of drug-likeness (QED) is 0.259. The number of benzene rings is 2. The number of likely N-dealkylation sites (N-methyl/N-ethyl adjacent to an activating group) is 1. The summed E-state index contributed by atoms with van der Waals surface area (Å²) in [5.74, 6) is -22.2. The van der Waals surface area contributed by atoms with Crippen molar-refractivity contribution in [1.82, 2.24) is 0 Å². The standard InChI is InChI=1S/C21H12F8N2O4/c1-31(9(35)5-3-7-33)21-18(28)14(24)11(15(25)19(21)29)10-12(22)16(26)20(17(27)13(10)23)30-8(34)4-2-6-32/h2-6,33H,7H2,1H3,(H,30,34)/b4-2-,5-3-. The highest BCUT2D eigenvalue weighted by atomic mass is 19.2. The van der Waals surface area contributed by atoms with Crippen LogP contribution in [0.4, 0.5) is 46.5 Å². The molecule has 6 nitrogen and oxygen atoms in total. The van der Waals surface area contributed by atoms with Gasteiger partial charge < -0.3 is 15.3 Å². The van der Waals surface area contributed by atoms with Crippen molar-refractivity contribution in [1.29, 1.82) is 0 Å². The summed E-state index contributed by atoms with van der Waals surface area (Å²) < 4.78 is 116. The average Bonchev–Trinajstić information content (AvgIpc) is 2.83. The molecule has 2 aromatic carbocycles. The predicted octanol–water partition coefficient (Wildman–Crippen LogP) is 3.67. The van der Waals surface area contributed by atoms with Gasteiger partial charge in [0.2, 0.25) is 5.91 Å². The molecule has 2 aromatic rings. The van der Waals surface area contributed by atoms with Crippen molar-refractivity contribution >= 4 is 29.5 Å². The molecule has 0 radical (unpaired) electrons. The van der Waals surface area contributed by atoms with Gasteiger partial charge in [-0.25, -0.2) is 35.1 Å². The van der Waals surface area contributed by atoms with Crippen molar-refractivity contribution in [3.63, 3.8) is 0 Å². The molecule has 186 valence electrons. The number of anilines is 2. The van der Waals surface area contributed by atoms with E-state index in [1.54, 1.807) is 0 Å². The van der Waals surface area contributed by atoms with Crippen molar-refractivity contribution in [2.75, 3.05) is 23.9 Å². The second-order valence-electron chi connectivity index (χ2n) is 6.45. The first kappa shape index (κ1) is 27.2. The molecule has 2 N–H and O–H groups in total. The Labute approximate surface area is 190 Å². The van der Waals surface area contributed by atoms with Crippen molar-refractivity contribution in [3.05, 3.63) is 70.8 Å². The fourth-order valence-corrected chi connectivity index (χ4v) is 2.76. The predicted molar refractivity (Wildman–Crippen MR) is 105 cm³/mol. The van der Waals surface area contributed by atoms with Gasteiger partial charge in [0.25, 0.3) is 5.91 Å². The lowest BCUT2D eigenvalue weighted by molar-refractivity contribution is -0.114. The van der Waals surface area contributed by atoms with Crippen molar-refractivity contribution in [2.45, 2.75) is 0 Å². The minimum absolute atomic E-state index is 0.0616. The summed E-state index contributed by atoms with van der Waals surface area (Å²) in [5, 5.41) is 9.99. The summed E-state index contributed by atoms with van der Waals surface area (Å²) in [6.45, 7) is -0.675. The zero-order chi connectivity index (χ0) is 26.6. The molecular formula is C21H12F8N2O4. The highest BCUT2D eigenvalue weighted by Crippen LogP contribution is 2.41. The molecule has 14 heteroatoms. The highest BCUT2D eigenvalue weighted by molar-refractivity contribution is 6.02. The Bertz CT molecular complexity index is 1220. The van der Waals surface area contributed by atoms with E-state index in [1.807, 2.05) is 0 Å². The minimum atomic E-state index is -2.53. The van der Waals surface area contributed by atoms with Crippen LogP contribution in [0.5, 0.6) is 0 Å². The second kappa shape index (κ2) is 10.9. The van der Waals surface area contributed by atoms with E-state index in [2.05, 4.69) is 0 Å². The van der Waals surface area contributed by atoms with Gasteiger partial charge in [-0.15, -0.1) is 0 Å². The summed E-state index contributed by atoms with van der Waals surface area (Å²) >= 11 is 0. The number of carbonyl (C=O) groups excluding carboxylic acids is 3.